The lowest BCUT2D eigenvalue weighted by Crippen LogP contribution is -2.41. The highest BCUT2D eigenvalue weighted by Gasteiger charge is 2.18. The molecule has 1 unspecified atom stereocenters. The lowest BCUT2D eigenvalue weighted by molar-refractivity contribution is 0.143. The average molecular weight is 464 g/mol. The predicted octanol–water partition coefficient (Wildman–Crippen LogP) is 1.77. The Morgan fingerprint density at radius 2 is 2.28 bits per heavy atom. The van der Waals surface area contributed by atoms with Crippen molar-refractivity contribution in [1.82, 2.24) is 15.2 Å². The Morgan fingerprint density at radius 3 is 2.88 bits per heavy atom. The minimum atomic E-state index is 0. The van der Waals surface area contributed by atoms with Crippen molar-refractivity contribution < 1.29 is 14.2 Å². The molecule has 1 saturated heterocycles. The van der Waals surface area contributed by atoms with Gasteiger partial charge in [0.15, 0.2) is 5.96 Å². The van der Waals surface area contributed by atoms with E-state index in [4.69, 9.17) is 14.2 Å². The molecule has 0 radical (unpaired) electrons. The first kappa shape index (κ1) is 21.9. The molecule has 2 heterocycles. The van der Waals surface area contributed by atoms with Crippen molar-refractivity contribution in [3.63, 3.8) is 0 Å². The van der Waals surface area contributed by atoms with E-state index in [9.17, 15) is 0 Å². The smallest absolute Gasteiger partial charge is 0.213 e. The van der Waals surface area contributed by atoms with Crippen LogP contribution >= 0.6 is 24.0 Å². The number of hydrogen-bond acceptors (Lipinski definition) is 5. The Morgan fingerprint density at radius 1 is 1.44 bits per heavy atom. The molecule has 0 bridgehead atoms. The van der Waals surface area contributed by atoms with Gasteiger partial charge in [0.2, 0.25) is 5.88 Å². The summed E-state index contributed by atoms with van der Waals surface area (Å²) in [6, 6.07) is 3.87. The normalized spacial score (nSPS) is 17.1. The van der Waals surface area contributed by atoms with Crippen LogP contribution in [-0.4, -0.2) is 70.0 Å². The van der Waals surface area contributed by atoms with E-state index in [2.05, 4.69) is 27.2 Å². The Kier molecular flexibility index (Phi) is 10.7. The quantitative estimate of drug-likeness (QED) is 0.274. The first-order valence-corrected chi connectivity index (χ1v) is 8.29. The zero-order valence-corrected chi connectivity index (χ0v) is 17.6. The van der Waals surface area contributed by atoms with Crippen molar-refractivity contribution >= 4 is 29.9 Å². The second kappa shape index (κ2) is 12.3. The Bertz CT molecular complexity index is 507. The molecular formula is C17H29IN4O3. The third-order valence-corrected chi connectivity index (χ3v) is 3.92. The Balaban J connectivity index is 0.00000312. The van der Waals surface area contributed by atoms with Gasteiger partial charge in [-0.2, -0.15) is 0 Å². The van der Waals surface area contributed by atoms with Crippen LogP contribution in [0.1, 0.15) is 12.0 Å². The van der Waals surface area contributed by atoms with Gasteiger partial charge in [0, 0.05) is 59.1 Å². The summed E-state index contributed by atoms with van der Waals surface area (Å²) in [6.07, 6.45) is 2.93. The van der Waals surface area contributed by atoms with Crippen molar-refractivity contribution in [2.24, 2.45) is 10.9 Å². The molecule has 1 aliphatic heterocycles. The molecule has 8 heteroatoms. The SMILES string of the molecule is CN=C(NCc1ccc(OCCOC)nc1)N(C)CC1CCOC1.I. The second-order valence-electron chi connectivity index (χ2n) is 5.86. The fourth-order valence-corrected chi connectivity index (χ4v) is 2.60. The number of guanidine groups is 1. The summed E-state index contributed by atoms with van der Waals surface area (Å²) < 4.78 is 15.8. The molecule has 0 aromatic carbocycles. The van der Waals surface area contributed by atoms with Gasteiger partial charge in [-0.3, -0.25) is 4.99 Å². The minimum absolute atomic E-state index is 0. The molecule has 2 rings (SSSR count). The highest BCUT2D eigenvalue weighted by Crippen LogP contribution is 2.13. The highest BCUT2D eigenvalue weighted by molar-refractivity contribution is 14.0. The number of nitrogens with one attached hydrogen (secondary N) is 1. The standard InChI is InChI=1S/C17H28N4O3.HI/c1-18-17(21(2)12-15-6-7-23-13-15)20-11-14-4-5-16(19-10-14)24-9-8-22-3;/h4-5,10,15H,6-9,11-13H2,1-3H3,(H,18,20);1H. The average Bonchev–Trinajstić information content (AvgIpc) is 3.10. The number of pyridine rings is 1. The van der Waals surface area contributed by atoms with Crippen molar-refractivity contribution in [3.8, 4) is 5.88 Å². The Hall–Kier alpha value is -1.13. The van der Waals surface area contributed by atoms with Crippen molar-refractivity contribution in [2.75, 3.05) is 54.2 Å². The summed E-state index contributed by atoms with van der Waals surface area (Å²) in [6.45, 7) is 4.39. The third-order valence-electron chi connectivity index (χ3n) is 3.92. The lowest BCUT2D eigenvalue weighted by atomic mass is 10.1. The molecule has 25 heavy (non-hydrogen) atoms. The van der Waals surface area contributed by atoms with E-state index in [1.807, 2.05) is 18.3 Å². The summed E-state index contributed by atoms with van der Waals surface area (Å²) in [5.74, 6) is 2.07. The van der Waals surface area contributed by atoms with Crippen LogP contribution in [0.4, 0.5) is 0 Å². The van der Waals surface area contributed by atoms with Crippen LogP contribution in [0, 0.1) is 5.92 Å². The number of rotatable bonds is 8. The number of hydrogen-bond donors (Lipinski definition) is 1. The van der Waals surface area contributed by atoms with Crippen LogP contribution in [-0.2, 0) is 16.0 Å². The van der Waals surface area contributed by atoms with Gasteiger partial charge in [-0.05, 0) is 12.0 Å². The molecule has 142 valence electrons. The second-order valence-corrected chi connectivity index (χ2v) is 5.86. The van der Waals surface area contributed by atoms with Crippen LogP contribution in [0.15, 0.2) is 23.3 Å². The molecule has 1 atom stereocenters. The zero-order chi connectivity index (χ0) is 17.2. The summed E-state index contributed by atoms with van der Waals surface area (Å²) in [7, 11) is 5.50. The summed E-state index contributed by atoms with van der Waals surface area (Å²) in [5.41, 5.74) is 1.08. The van der Waals surface area contributed by atoms with Gasteiger partial charge in [0.05, 0.1) is 13.2 Å². The van der Waals surface area contributed by atoms with E-state index in [0.29, 0.717) is 31.6 Å². The molecule has 0 aliphatic carbocycles. The molecule has 1 N–H and O–H groups in total. The monoisotopic (exact) mass is 464 g/mol. The number of aliphatic imine (C=N–C) groups is 1. The maximum atomic E-state index is 5.46. The van der Waals surface area contributed by atoms with Crippen molar-refractivity contribution in [2.45, 2.75) is 13.0 Å². The van der Waals surface area contributed by atoms with Crippen LogP contribution in [0.3, 0.4) is 0 Å². The first-order valence-electron chi connectivity index (χ1n) is 8.29. The van der Waals surface area contributed by atoms with E-state index in [-0.39, 0.29) is 24.0 Å². The van der Waals surface area contributed by atoms with Crippen molar-refractivity contribution in [1.29, 1.82) is 0 Å². The van der Waals surface area contributed by atoms with Gasteiger partial charge in [-0.25, -0.2) is 4.98 Å². The summed E-state index contributed by atoms with van der Waals surface area (Å²) >= 11 is 0. The van der Waals surface area contributed by atoms with Crippen LogP contribution in [0.25, 0.3) is 0 Å². The van der Waals surface area contributed by atoms with Crippen LogP contribution in [0.5, 0.6) is 5.88 Å². The van der Waals surface area contributed by atoms with Gasteiger partial charge in [0.25, 0.3) is 0 Å². The zero-order valence-electron chi connectivity index (χ0n) is 15.2. The van der Waals surface area contributed by atoms with Gasteiger partial charge in [-0.15, -0.1) is 24.0 Å². The summed E-state index contributed by atoms with van der Waals surface area (Å²) in [4.78, 5) is 10.8. The lowest BCUT2D eigenvalue weighted by Gasteiger charge is -2.24. The van der Waals surface area contributed by atoms with E-state index in [1.165, 1.54) is 0 Å². The number of nitrogens with zero attached hydrogens (tertiary/aromatic N) is 3. The Labute approximate surface area is 167 Å². The topological polar surface area (TPSA) is 68.2 Å². The molecule has 1 aliphatic rings. The molecule has 0 spiro atoms. The van der Waals surface area contributed by atoms with Gasteiger partial charge >= 0.3 is 0 Å². The van der Waals surface area contributed by atoms with Gasteiger partial charge in [0.1, 0.15) is 6.61 Å². The predicted molar refractivity (Wildman–Crippen MR) is 109 cm³/mol. The van der Waals surface area contributed by atoms with Crippen LogP contribution < -0.4 is 10.1 Å². The first-order chi connectivity index (χ1) is 11.7. The maximum Gasteiger partial charge on any atom is 0.213 e. The molecule has 7 nitrogen and oxygen atoms in total. The molecule has 1 fully saturated rings. The minimum Gasteiger partial charge on any atom is -0.475 e. The number of methoxy groups -OCH3 is 1. The molecule has 0 saturated carbocycles. The fourth-order valence-electron chi connectivity index (χ4n) is 2.60. The molecular weight excluding hydrogens is 435 g/mol. The largest absolute Gasteiger partial charge is 0.475 e. The van der Waals surface area contributed by atoms with Gasteiger partial charge in [-0.1, -0.05) is 6.07 Å². The molecule has 1 aromatic heterocycles. The fraction of sp³-hybridized carbons (Fsp3) is 0.647. The van der Waals surface area contributed by atoms with E-state index in [0.717, 1.165) is 37.7 Å². The van der Waals surface area contributed by atoms with E-state index in [1.54, 1.807) is 14.2 Å². The van der Waals surface area contributed by atoms with Crippen LogP contribution in [0.2, 0.25) is 0 Å². The molecule has 0 amide bonds. The highest BCUT2D eigenvalue weighted by atomic mass is 127. The van der Waals surface area contributed by atoms with E-state index >= 15 is 0 Å². The summed E-state index contributed by atoms with van der Waals surface area (Å²) in [5, 5.41) is 3.37. The third kappa shape index (κ3) is 7.74. The number of halogens is 1. The number of ether oxygens (including phenoxy) is 3. The van der Waals surface area contributed by atoms with E-state index < -0.39 is 0 Å². The molecule has 1 aromatic rings. The van der Waals surface area contributed by atoms with Crippen molar-refractivity contribution in [3.05, 3.63) is 23.9 Å². The maximum absolute atomic E-state index is 5.46. The van der Waals surface area contributed by atoms with Gasteiger partial charge < -0.3 is 24.4 Å². The number of aromatic nitrogens is 1.